The molecule has 31 heavy (non-hydrogen) atoms. The number of nitrogens with zero attached hydrogens (tertiary/aromatic N) is 2. The molecule has 162 valence electrons. The van der Waals surface area contributed by atoms with E-state index in [1.54, 1.807) is 6.08 Å². The van der Waals surface area contributed by atoms with Gasteiger partial charge >= 0.3 is 6.18 Å². The highest BCUT2D eigenvalue weighted by molar-refractivity contribution is 9.11. The maximum Gasteiger partial charge on any atom is 0.396 e. The summed E-state index contributed by atoms with van der Waals surface area (Å²) in [5.41, 5.74) is 0.952. The van der Waals surface area contributed by atoms with Crippen LogP contribution in [0.5, 0.6) is 11.6 Å². The normalized spacial score (nSPS) is 18.3. The molecule has 2 aromatic rings. The monoisotopic (exact) mass is 558 g/mol. The third-order valence-corrected chi connectivity index (χ3v) is 6.28. The van der Waals surface area contributed by atoms with Crippen molar-refractivity contribution in [3.05, 3.63) is 62.7 Å². The lowest BCUT2D eigenvalue weighted by Crippen LogP contribution is -2.38. The summed E-state index contributed by atoms with van der Waals surface area (Å²) in [5, 5.41) is 9.90. The molecule has 10 heteroatoms. The smallest absolute Gasteiger partial charge is 0.396 e. The van der Waals surface area contributed by atoms with Crippen LogP contribution < -0.4 is 9.64 Å². The Morgan fingerprint density at radius 1 is 1.23 bits per heavy atom. The van der Waals surface area contributed by atoms with Crippen molar-refractivity contribution in [1.29, 1.82) is 0 Å². The molecule has 1 amide bonds. The Balaban J connectivity index is 1.74. The molecule has 0 saturated carbocycles. The Morgan fingerprint density at radius 3 is 2.61 bits per heavy atom. The van der Waals surface area contributed by atoms with Crippen LogP contribution in [0, 0.1) is 5.92 Å². The molecule has 0 saturated heterocycles. The van der Waals surface area contributed by atoms with Gasteiger partial charge in [-0.25, -0.2) is 4.98 Å². The van der Waals surface area contributed by atoms with Crippen molar-refractivity contribution >= 4 is 49.0 Å². The van der Waals surface area contributed by atoms with Crippen LogP contribution in [0.2, 0.25) is 0 Å². The summed E-state index contributed by atoms with van der Waals surface area (Å²) < 4.78 is 46.8. The van der Waals surface area contributed by atoms with Gasteiger partial charge in [-0.3, -0.25) is 4.79 Å². The average Bonchev–Trinajstić information content (AvgIpc) is 2.75. The van der Waals surface area contributed by atoms with E-state index in [4.69, 9.17) is 4.74 Å². The number of rotatable bonds is 2. The highest BCUT2D eigenvalue weighted by Gasteiger charge is 2.42. The molecule has 2 aliphatic rings. The molecule has 4 rings (SSSR count). The van der Waals surface area contributed by atoms with E-state index < -0.39 is 18.0 Å². The summed E-state index contributed by atoms with van der Waals surface area (Å²) in [6, 6.07) is 4.46. The Bertz CT molecular complexity index is 1090. The number of amides is 1. The summed E-state index contributed by atoms with van der Waals surface area (Å²) in [7, 11) is 0. The predicted octanol–water partition coefficient (Wildman–Crippen LogP) is 5.87. The molecular formula is C21H15Br2F3N2O3. The van der Waals surface area contributed by atoms with E-state index in [9.17, 15) is 23.1 Å². The van der Waals surface area contributed by atoms with Gasteiger partial charge in [0, 0.05) is 11.8 Å². The molecule has 1 N–H and O–H groups in total. The van der Waals surface area contributed by atoms with Gasteiger partial charge in [0.25, 0.3) is 5.91 Å². The van der Waals surface area contributed by atoms with Gasteiger partial charge in [0.1, 0.15) is 18.0 Å². The number of aromatic nitrogens is 1. The highest BCUT2D eigenvalue weighted by atomic mass is 79.9. The first kappa shape index (κ1) is 21.9. The standard InChI is InChI=1S/C21H15Br2F3N2O3/c22-15-7-11(8-16(23)18(15)29)20(30)28-5-6-31-19-17(28)9-12(10-27-19)13-3-1-2-4-14(13)21(24,25)26/h1-3,7-10,14,29H,4-6H2. The number of halogens is 5. The Hall–Kier alpha value is -2.33. The van der Waals surface area contributed by atoms with Gasteiger partial charge in [0.15, 0.2) is 0 Å². The van der Waals surface area contributed by atoms with E-state index >= 15 is 0 Å². The van der Waals surface area contributed by atoms with E-state index in [1.165, 1.54) is 41.4 Å². The minimum absolute atomic E-state index is 0.0432. The van der Waals surface area contributed by atoms with Gasteiger partial charge in [-0.2, -0.15) is 13.2 Å². The first-order valence-corrected chi connectivity index (χ1v) is 10.8. The summed E-state index contributed by atoms with van der Waals surface area (Å²) >= 11 is 6.40. The molecular weight excluding hydrogens is 545 g/mol. The van der Waals surface area contributed by atoms with Gasteiger partial charge in [0.2, 0.25) is 5.88 Å². The number of aromatic hydroxyl groups is 1. The maximum absolute atomic E-state index is 13.5. The second-order valence-corrected chi connectivity index (χ2v) is 8.73. The molecule has 0 spiro atoms. The number of carbonyl (C=O) groups excluding carboxylic acids is 1. The van der Waals surface area contributed by atoms with Crippen LogP contribution in [-0.4, -0.2) is 35.3 Å². The van der Waals surface area contributed by atoms with Crippen molar-refractivity contribution in [3.8, 4) is 11.6 Å². The van der Waals surface area contributed by atoms with Crippen LogP contribution in [0.4, 0.5) is 18.9 Å². The highest BCUT2D eigenvalue weighted by Crippen LogP contribution is 2.43. The topological polar surface area (TPSA) is 62.7 Å². The fraction of sp³-hybridized carbons (Fsp3) is 0.238. The number of hydrogen-bond donors (Lipinski definition) is 1. The first-order chi connectivity index (χ1) is 14.7. The van der Waals surface area contributed by atoms with E-state index in [-0.39, 0.29) is 47.9 Å². The number of pyridine rings is 1. The van der Waals surface area contributed by atoms with Gasteiger partial charge < -0.3 is 14.7 Å². The molecule has 1 aliphatic heterocycles. The molecule has 0 bridgehead atoms. The predicted molar refractivity (Wildman–Crippen MR) is 116 cm³/mol. The molecule has 0 fully saturated rings. The van der Waals surface area contributed by atoms with Crippen molar-refractivity contribution in [3.63, 3.8) is 0 Å². The number of hydrogen-bond acceptors (Lipinski definition) is 4. The average molecular weight is 560 g/mol. The summed E-state index contributed by atoms with van der Waals surface area (Å²) in [4.78, 5) is 18.8. The zero-order valence-electron chi connectivity index (χ0n) is 15.8. The summed E-state index contributed by atoms with van der Waals surface area (Å²) in [5.74, 6) is -1.90. The quantitative estimate of drug-likeness (QED) is 0.499. The van der Waals surface area contributed by atoms with Crippen molar-refractivity contribution in [1.82, 2.24) is 4.98 Å². The molecule has 2 heterocycles. The number of phenolic OH excluding ortho intramolecular Hbond substituents is 1. The molecule has 1 aromatic carbocycles. The van der Waals surface area contributed by atoms with E-state index in [2.05, 4.69) is 36.8 Å². The van der Waals surface area contributed by atoms with Crippen molar-refractivity contribution in [2.24, 2.45) is 5.92 Å². The molecule has 1 unspecified atom stereocenters. The number of phenols is 1. The minimum atomic E-state index is -4.40. The molecule has 1 aliphatic carbocycles. The van der Waals surface area contributed by atoms with Crippen molar-refractivity contribution in [2.75, 3.05) is 18.1 Å². The lowest BCUT2D eigenvalue weighted by atomic mass is 9.86. The molecule has 0 radical (unpaired) electrons. The lowest BCUT2D eigenvalue weighted by Gasteiger charge is -2.30. The fourth-order valence-electron chi connectivity index (χ4n) is 3.55. The largest absolute Gasteiger partial charge is 0.506 e. The summed E-state index contributed by atoms with van der Waals surface area (Å²) in [6.45, 7) is 0.400. The van der Waals surface area contributed by atoms with Gasteiger partial charge in [-0.1, -0.05) is 18.2 Å². The third kappa shape index (κ3) is 4.23. The first-order valence-electron chi connectivity index (χ1n) is 9.23. The van der Waals surface area contributed by atoms with E-state index in [1.807, 2.05) is 0 Å². The maximum atomic E-state index is 13.5. The Labute approximate surface area is 192 Å². The number of carbonyl (C=O) groups is 1. The lowest BCUT2D eigenvalue weighted by molar-refractivity contribution is -0.157. The number of benzene rings is 1. The van der Waals surface area contributed by atoms with Gasteiger partial charge in [-0.05, 0) is 67.6 Å². The van der Waals surface area contributed by atoms with E-state index in [0.29, 0.717) is 14.6 Å². The van der Waals surface area contributed by atoms with Crippen LogP contribution in [0.1, 0.15) is 22.3 Å². The van der Waals surface area contributed by atoms with Crippen LogP contribution in [-0.2, 0) is 0 Å². The number of fused-ring (bicyclic) bond motifs is 1. The molecule has 1 aromatic heterocycles. The van der Waals surface area contributed by atoms with Crippen LogP contribution in [0.15, 0.2) is 51.6 Å². The zero-order valence-corrected chi connectivity index (χ0v) is 19.0. The fourth-order valence-corrected chi connectivity index (χ4v) is 4.74. The van der Waals surface area contributed by atoms with Crippen LogP contribution in [0.3, 0.4) is 0 Å². The summed E-state index contributed by atoms with van der Waals surface area (Å²) in [6.07, 6.45) is 1.28. The van der Waals surface area contributed by atoms with Crippen molar-refractivity contribution in [2.45, 2.75) is 12.6 Å². The molecule has 5 nitrogen and oxygen atoms in total. The number of allylic oxidation sites excluding steroid dienone is 4. The number of ether oxygens (including phenoxy) is 1. The minimum Gasteiger partial charge on any atom is -0.506 e. The SMILES string of the molecule is O=C(c1cc(Br)c(O)c(Br)c1)N1CCOc2ncc(C3=CC=CCC3C(F)(F)F)cc21. The number of alkyl halides is 3. The number of anilines is 1. The zero-order chi connectivity index (χ0) is 22.3. The van der Waals surface area contributed by atoms with Crippen molar-refractivity contribution < 1.29 is 27.8 Å². The third-order valence-electron chi connectivity index (χ3n) is 5.07. The second-order valence-electron chi connectivity index (χ2n) is 7.02. The van der Waals surface area contributed by atoms with Crippen LogP contribution >= 0.6 is 31.9 Å². The molecule has 1 atom stereocenters. The van der Waals surface area contributed by atoms with Crippen LogP contribution in [0.25, 0.3) is 5.57 Å². The van der Waals surface area contributed by atoms with Gasteiger partial charge in [-0.15, -0.1) is 0 Å². The Kier molecular flexibility index (Phi) is 5.87. The van der Waals surface area contributed by atoms with Gasteiger partial charge in [0.05, 0.1) is 21.4 Å². The second kappa shape index (κ2) is 8.31. The Morgan fingerprint density at radius 2 is 1.94 bits per heavy atom. The van der Waals surface area contributed by atoms with E-state index in [0.717, 1.165) is 0 Å².